The SMILES string of the molecule is CC(CN(C)c1nccc2occc12)C(=O)O. The van der Waals surface area contributed by atoms with E-state index < -0.39 is 11.9 Å². The number of pyridine rings is 1. The van der Waals surface area contributed by atoms with Crippen LogP contribution in [0.1, 0.15) is 6.92 Å². The molecule has 0 fully saturated rings. The smallest absolute Gasteiger partial charge is 0.308 e. The molecule has 0 amide bonds. The van der Waals surface area contributed by atoms with Gasteiger partial charge in [0.05, 0.1) is 17.6 Å². The van der Waals surface area contributed by atoms with Crippen molar-refractivity contribution in [3.63, 3.8) is 0 Å². The summed E-state index contributed by atoms with van der Waals surface area (Å²) in [6.45, 7) is 2.08. The average Bonchev–Trinajstić information content (AvgIpc) is 2.76. The minimum Gasteiger partial charge on any atom is -0.481 e. The van der Waals surface area contributed by atoms with Crippen molar-refractivity contribution in [2.24, 2.45) is 5.92 Å². The van der Waals surface area contributed by atoms with E-state index in [4.69, 9.17) is 9.52 Å². The average molecular weight is 234 g/mol. The van der Waals surface area contributed by atoms with E-state index in [-0.39, 0.29) is 0 Å². The van der Waals surface area contributed by atoms with Crippen molar-refractivity contribution in [1.82, 2.24) is 4.98 Å². The summed E-state index contributed by atoms with van der Waals surface area (Å²) in [5, 5.41) is 9.78. The first-order valence-electron chi connectivity index (χ1n) is 5.35. The number of anilines is 1. The lowest BCUT2D eigenvalue weighted by Gasteiger charge is -2.20. The molecule has 2 heterocycles. The van der Waals surface area contributed by atoms with Crippen LogP contribution >= 0.6 is 0 Å². The zero-order chi connectivity index (χ0) is 12.4. The van der Waals surface area contributed by atoms with Crippen LogP contribution in [0.3, 0.4) is 0 Å². The molecule has 0 saturated heterocycles. The van der Waals surface area contributed by atoms with E-state index in [1.54, 1.807) is 25.5 Å². The standard InChI is InChI=1S/C12H14N2O3/c1-8(12(15)16)7-14(2)11-9-4-6-17-10(9)3-5-13-11/h3-6,8H,7H2,1-2H3,(H,15,16). The monoisotopic (exact) mass is 234 g/mol. The minimum atomic E-state index is -0.809. The molecule has 0 radical (unpaired) electrons. The van der Waals surface area contributed by atoms with Crippen LogP contribution in [0.15, 0.2) is 29.0 Å². The Morgan fingerprint density at radius 3 is 3.06 bits per heavy atom. The molecule has 0 aliphatic heterocycles. The number of hydrogen-bond acceptors (Lipinski definition) is 4. The minimum absolute atomic E-state index is 0.409. The van der Waals surface area contributed by atoms with Crippen molar-refractivity contribution in [3.8, 4) is 0 Å². The summed E-state index contributed by atoms with van der Waals surface area (Å²) in [5.74, 6) is -0.510. The fraction of sp³-hybridized carbons (Fsp3) is 0.333. The summed E-state index contributed by atoms with van der Waals surface area (Å²) in [5.41, 5.74) is 0.754. The second kappa shape index (κ2) is 4.45. The van der Waals surface area contributed by atoms with Crippen molar-refractivity contribution in [2.45, 2.75) is 6.92 Å². The summed E-state index contributed by atoms with van der Waals surface area (Å²) in [6.07, 6.45) is 3.26. The van der Waals surface area contributed by atoms with E-state index in [1.807, 2.05) is 18.0 Å². The number of aromatic nitrogens is 1. The zero-order valence-corrected chi connectivity index (χ0v) is 9.75. The Kier molecular flexibility index (Phi) is 2.99. The third kappa shape index (κ3) is 2.22. The van der Waals surface area contributed by atoms with Gasteiger partial charge in [0.25, 0.3) is 0 Å². The van der Waals surface area contributed by atoms with Crippen LogP contribution in [0.25, 0.3) is 11.0 Å². The van der Waals surface area contributed by atoms with E-state index >= 15 is 0 Å². The highest BCUT2D eigenvalue weighted by Crippen LogP contribution is 2.24. The van der Waals surface area contributed by atoms with E-state index in [9.17, 15) is 4.79 Å². The number of carboxylic acid groups (broad SMARTS) is 1. The van der Waals surface area contributed by atoms with Crippen molar-refractivity contribution in [2.75, 3.05) is 18.5 Å². The number of carboxylic acids is 1. The number of aliphatic carboxylic acids is 1. The van der Waals surface area contributed by atoms with Crippen LogP contribution < -0.4 is 4.90 Å². The Morgan fingerprint density at radius 1 is 1.59 bits per heavy atom. The maximum absolute atomic E-state index is 10.8. The molecule has 0 aromatic carbocycles. The molecule has 0 saturated carbocycles. The van der Waals surface area contributed by atoms with Crippen molar-refractivity contribution in [3.05, 3.63) is 24.6 Å². The number of furan rings is 1. The highest BCUT2D eigenvalue weighted by atomic mass is 16.4. The number of carbonyl (C=O) groups is 1. The molecular formula is C12H14N2O3. The van der Waals surface area contributed by atoms with Gasteiger partial charge in [-0.3, -0.25) is 4.79 Å². The Balaban J connectivity index is 2.27. The van der Waals surface area contributed by atoms with Crippen LogP contribution in [0.2, 0.25) is 0 Å². The maximum atomic E-state index is 10.8. The van der Waals surface area contributed by atoms with Gasteiger partial charge in [-0.15, -0.1) is 0 Å². The maximum Gasteiger partial charge on any atom is 0.308 e. The fourth-order valence-corrected chi connectivity index (χ4v) is 1.76. The van der Waals surface area contributed by atoms with Gasteiger partial charge in [-0.25, -0.2) is 4.98 Å². The molecule has 2 rings (SSSR count). The van der Waals surface area contributed by atoms with Gasteiger partial charge in [0, 0.05) is 19.8 Å². The van der Waals surface area contributed by atoms with Crippen LogP contribution in [0.4, 0.5) is 5.82 Å². The van der Waals surface area contributed by atoms with Gasteiger partial charge in [0.1, 0.15) is 11.4 Å². The number of rotatable bonds is 4. The molecule has 0 aliphatic rings. The van der Waals surface area contributed by atoms with Gasteiger partial charge in [0.2, 0.25) is 0 Å². The first-order valence-corrected chi connectivity index (χ1v) is 5.35. The fourth-order valence-electron chi connectivity index (χ4n) is 1.76. The second-order valence-electron chi connectivity index (χ2n) is 4.09. The molecule has 17 heavy (non-hydrogen) atoms. The van der Waals surface area contributed by atoms with Gasteiger partial charge < -0.3 is 14.4 Å². The molecule has 90 valence electrons. The Morgan fingerprint density at radius 2 is 2.35 bits per heavy atom. The van der Waals surface area contributed by atoms with Gasteiger partial charge in [-0.1, -0.05) is 6.92 Å². The molecule has 0 bridgehead atoms. The number of hydrogen-bond donors (Lipinski definition) is 1. The lowest BCUT2D eigenvalue weighted by atomic mass is 10.1. The molecule has 1 N–H and O–H groups in total. The molecule has 2 aromatic heterocycles. The van der Waals surface area contributed by atoms with E-state index in [0.29, 0.717) is 6.54 Å². The van der Waals surface area contributed by atoms with E-state index in [0.717, 1.165) is 16.8 Å². The third-order valence-electron chi connectivity index (χ3n) is 2.69. The molecule has 5 heteroatoms. The highest BCUT2D eigenvalue weighted by molar-refractivity contribution is 5.88. The van der Waals surface area contributed by atoms with Crippen molar-refractivity contribution < 1.29 is 14.3 Å². The molecular weight excluding hydrogens is 220 g/mol. The Bertz CT molecular complexity index is 535. The molecule has 0 aliphatic carbocycles. The lowest BCUT2D eigenvalue weighted by molar-refractivity contribution is -0.140. The molecule has 1 atom stereocenters. The molecule has 0 spiro atoms. The first-order chi connectivity index (χ1) is 8.09. The normalized spacial score (nSPS) is 12.6. The summed E-state index contributed by atoms with van der Waals surface area (Å²) < 4.78 is 5.28. The zero-order valence-electron chi connectivity index (χ0n) is 9.75. The van der Waals surface area contributed by atoms with Crippen molar-refractivity contribution >= 4 is 22.8 Å². The highest BCUT2D eigenvalue weighted by Gasteiger charge is 2.16. The molecule has 2 aromatic rings. The quantitative estimate of drug-likeness (QED) is 0.876. The summed E-state index contributed by atoms with van der Waals surface area (Å²) >= 11 is 0. The number of nitrogens with zero attached hydrogens (tertiary/aromatic N) is 2. The summed E-state index contributed by atoms with van der Waals surface area (Å²) in [7, 11) is 1.83. The van der Waals surface area contributed by atoms with Gasteiger partial charge in [-0.05, 0) is 12.1 Å². The van der Waals surface area contributed by atoms with E-state index in [2.05, 4.69) is 4.98 Å². The molecule has 5 nitrogen and oxygen atoms in total. The summed E-state index contributed by atoms with van der Waals surface area (Å²) in [6, 6.07) is 3.62. The molecule has 1 unspecified atom stereocenters. The summed E-state index contributed by atoms with van der Waals surface area (Å²) in [4.78, 5) is 16.9. The van der Waals surface area contributed by atoms with Gasteiger partial charge in [0.15, 0.2) is 0 Å². The van der Waals surface area contributed by atoms with Gasteiger partial charge >= 0.3 is 5.97 Å². The van der Waals surface area contributed by atoms with Gasteiger partial charge in [-0.2, -0.15) is 0 Å². The predicted octanol–water partition coefficient (Wildman–Crippen LogP) is 1.98. The predicted molar refractivity (Wildman–Crippen MR) is 64.1 cm³/mol. The first kappa shape index (κ1) is 11.4. The Labute approximate surface area is 98.7 Å². The third-order valence-corrected chi connectivity index (χ3v) is 2.69. The van der Waals surface area contributed by atoms with Crippen LogP contribution in [-0.2, 0) is 4.79 Å². The van der Waals surface area contributed by atoms with Crippen LogP contribution in [-0.4, -0.2) is 29.7 Å². The van der Waals surface area contributed by atoms with Crippen LogP contribution in [0, 0.1) is 5.92 Å². The van der Waals surface area contributed by atoms with Crippen molar-refractivity contribution in [1.29, 1.82) is 0 Å². The largest absolute Gasteiger partial charge is 0.481 e. The lowest BCUT2D eigenvalue weighted by Crippen LogP contribution is -2.29. The number of fused-ring (bicyclic) bond motifs is 1. The topological polar surface area (TPSA) is 66.6 Å². The van der Waals surface area contributed by atoms with E-state index in [1.165, 1.54) is 0 Å². The Hall–Kier alpha value is -2.04. The van der Waals surface area contributed by atoms with Crippen LogP contribution in [0.5, 0.6) is 0 Å². The second-order valence-corrected chi connectivity index (χ2v) is 4.09.